The Kier molecular flexibility index (Phi) is 13.1. The fraction of sp³-hybridized carbons (Fsp3) is 0.654. The monoisotopic (exact) mass is 675 g/mol. The first kappa shape index (κ1) is 35.9. The van der Waals surface area contributed by atoms with Crippen LogP contribution in [0.2, 0.25) is 0 Å². The summed E-state index contributed by atoms with van der Waals surface area (Å²) < 4.78 is 58.7. The number of ether oxygens (including phenoxy) is 3. The summed E-state index contributed by atoms with van der Waals surface area (Å²) in [6.45, 7) is 8.19. The number of hydrogen-bond acceptors (Lipinski definition) is 8. The molecule has 1 amide bonds. The van der Waals surface area contributed by atoms with Crippen LogP contribution in [0.1, 0.15) is 73.1 Å². The third-order valence-corrected chi connectivity index (χ3v) is 12.2. The number of nitrogens with zero attached hydrogens (tertiary/aromatic N) is 1. The van der Waals surface area contributed by atoms with Gasteiger partial charge in [0.25, 0.3) is 10.0 Å². The maximum atomic E-state index is 14.1. The first-order valence-electron chi connectivity index (χ1n) is 13.4. The number of halogens is 2. The molecule has 15 heteroatoms. The average Bonchev–Trinajstić information content (AvgIpc) is 3.29. The molecule has 2 N–H and O–H groups in total. The highest BCUT2D eigenvalue weighted by Gasteiger charge is 2.57. The molecule has 0 saturated carbocycles. The van der Waals surface area contributed by atoms with E-state index in [4.69, 9.17) is 37.4 Å². The summed E-state index contributed by atoms with van der Waals surface area (Å²) in [6.07, 6.45) is 0.894. The number of amides is 1. The Morgan fingerprint density at radius 3 is 1.90 bits per heavy atom. The molecule has 0 atom stereocenters. The summed E-state index contributed by atoms with van der Waals surface area (Å²) in [5.74, 6) is 1.82. The van der Waals surface area contributed by atoms with E-state index >= 15 is 0 Å². The van der Waals surface area contributed by atoms with Crippen molar-refractivity contribution in [1.29, 1.82) is 0 Å². The molecule has 41 heavy (non-hydrogen) atoms. The van der Waals surface area contributed by atoms with E-state index in [0.29, 0.717) is 59.4 Å². The maximum absolute atomic E-state index is 14.1. The first-order valence-corrected chi connectivity index (χ1v) is 18.3. The number of fused-ring (bicyclic) bond motifs is 1. The second-order valence-corrected chi connectivity index (χ2v) is 16.1. The number of benzene rings is 1. The smallest absolute Gasteiger partial charge is 0.425 e. The summed E-state index contributed by atoms with van der Waals surface area (Å²) in [6, 6.07) is 4.66. The lowest BCUT2D eigenvalue weighted by molar-refractivity contribution is 0.0269. The summed E-state index contributed by atoms with van der Waals surface area (Å²) in [5.41, 5.74) is -1.13. The number of carbonyl (C=O) groups is 1. The van der Waals surface area contributed by atoms with Gasteiger partial charge in [0.05, 0.1) is 13.2 Å². The number of sulfonamides is 1. The molecule has 0 unspecified atom stereocenters. The molecule has 1 aromatic heterocycles. The Morgan fingerprint density at radius 2 is 1.46 bits per heavy atom. The van der Waals surface area contributed by atoms with E-state index < -0.39 is 34.6 Å². The first-order chi connectivity index (χ1) is 19.1. The van der Waals surface area contributed by atoms with Crippen molar-refractivity contribution >= 4 is 68.3 Å². The molecule has 0 radical (unpaired) electrons. The molecule has 0 aliphatic heterocycles. The Morgan fingerprint density at radius 1 is 0.951 bits per heavy atom. The van der Waals surface area contributed by atoms with Gasteiger partial charge < -0.3 is 24.0 Å². The number of hydrogen-bond donors (Lipinski definition) is 2. The van der Waals surface area contributed by atoms with Crippen molar-refractivity contribution in [3.8, 4) is 11.5 Å². The summed E-state index contributed by atoms with van der Waals surface area (Å²) >= 11 is 12.4. The molecule has 1 aromatic carbocycles. The molecule has 0 bridgehead atoms. The largest absolute Gasteiger partial charge is 0.490 e. The molecule has 10 nitrogen and oxygen atoms in total. The highest BCUT2D eigenvalue weighted by atomic mass is 35.5. The number of alkyl halides is 2. The molecular weight excluding hydrogens is 636 g/mol. The van der Waals surface area contributed by atoms with Crippen LogP contribution in [0.5, 0.6) is 11.5 Å². The van der Waals surface area contributed by atoms with E-state index in [9.17, 15) is 27.6 Å². The number of rotatable bonds is 16. The zero-order chi connectivity index (χ0) is 31.1. The SMILES string of the molecule is CCC(CC)(N(C(=O)OC(C)(C)C)S(=O)(=O)c1cc2cc(OCCCCCl)c(OCCCCCl)cc2s1)P(=O)(O)O. The van der Waals surface area contributed by atoms with Crippen LogP contribution in [0.3, 0.4) is 0 Å². The highest BCUT2D eigenvalue weighted by molar-refractivity contribution is 7.92. The lowest BCUT2D eigenvalue weighted by Gasteiger charge is -2.41. The number of thiophene rings is 1. The molecule has 0 fully saturated rings. The summed E-state index contributed by atoms with van der Waals surface area (Å²) in [4.78, 5) is 34.1. The van der Waals surface area contributed by atoms with E-state index in [0.717, 1.165) is 24.2 Å². The van der Waals surface area contributed by atoms with Crippen LogP contribution in [-0.4, -0.2) is 64.5 Å². The Balaban J connectivity index is 2.68. The van der Waals surface area contributed by atoms with Crippen molar-refractivity contribution in [1.82, 2.24) is 4.31 Å². The minimum atomic E-state index is -5.19. The van der Waals surface area contributed by atoms with Crippen molar-refractivity contribution in [3.63, 3.8) is 0 Å². The van der Waals surface area contributed by atoms with Crippen LogP contribution >= 0.6 is 42.1 Å². The number of unbranched alkanes of at least 4 members (excludes halogenated alkanes) is 2. The highest BCUT2D eigenvalue weighted by Crippen LogP contribution is 2.58. The van der Waals surface area contributed by atoms with E-state index in [1.54, 1.807) is 12.1 Å². The molecule has 2 rings (SSSR count). The van der Waals surface area contributed by atoms with Crippen molar-refractivity contribution < 1.29 is 41.8 Å². The van der Waals surface area contributed by atoms with Gasteiger partial charge in [0, 0.05) is 22.5 Å². The molecule has 0 aliphatic carbocycles. The Labute approximate surface area is 256 Å². The molecular formula is C26H40Cl2NO9PS2. The van der Waals surface area contributed by atoms with Crippen LogP contribution in [0, 0.1) is 0 Å². The van der Waals surface area contributed by atoms with Crippen LogP contribution in [0.15, 0.2) is 22.4 Å². The fourth-order valence-corrected chi connectivity index (χ4v) is 9.36. The van der Waals surface area contributed by atoms with Crippen molar-refractivity contribution in [3.05, 3.63) is 18.2 Å². The van der Waals surface area contributed by atoms with Gasteiger partial charge in [0.1, 0.15) is 9.81 Å². The van der Waals surface area contributed by atoms with Gasteiger partial charge in [-0.15, -0.1) is 34.5 Å². The second kappa shape index (κ2) is 14.9. The van der Waals surface area contributed by atoms with Gasteiger partial charge >= 0.3 is 13.7 Å². The van der Waals surface area contributed by atoms with E-state index in [1.165, 1.54) is 40.7 Å². The van der Waals surface area contributed by atoms with Gasteiger partial charge in [-0.25, -0.2) is 4.79 Å². The molecule has 234 valence electrons. The Bertz CT molecular complexity index is 1270. The summed E-state index contributed by atoms with van der Waals surface area (Å²) in [5, 5.41) is -1.86. The minimum Gasteiger partial charge on any atom is -0.490 e. The third-order valence-electron chi connectivity index (χ3n) is 6.24. The Hall–Kier alpha value is -1.27. The number of carbonyl (C=O) groups excluding carboxylic acids is 1. The zero-order valence-electron chi connectivity index (χ0n) is 24.0. The molecule has 0 aliphatic rings. The van der Waals surface area contributed by atoms with Gasteiger partial charge in [-0.3, -0.25) is 4.57 Å². The topological polar surface area (TPSA) is 140 Å². The normalized spacial score (nSPS) is 12.9. The van der Waals surface area contributed by atoms with Gasteiger partial charge in [-0.2, -0.15) is 12.7 Å². The van der Waals surface area contributed by atoms with E-state index in [2.05, 4.69) is 0 Å². The molecule has 1 heterocycles. The molecule has 0 saturated heterocycles. The zero-order valence-corrected chi connectivity index (χ0v) is 28.1. The molecule has 2 aromatic rings. The quantitative estimate of drug-likeness (QED) is 0.106. The second-order valence-electron chi connectivity index (χ2n) is 10.4. The van der Waals surface area contributed by atoms with Gasteiger partial charge in [0.2, 0.25) is 0 Å². The van der Waals surface area contributed by atoms with Crippen LogP contribution < -0.4 is 9.47 Å². The van der Waals surface area contributed by atoms with Gasteiger partial charge in [0.15, 0.2) is 16.8 Å². The predicted octanol–water partition coefficient (Wildman–Crippen LogP) is 7.32. The minimum absolute atomic E-state index is 0.240. The van der Waals surface area contributed by atoms with Crippen molar-refractivity contribution in [2.75, 3.05) is 25.0 Å². The van der Waals surface area contributed by atoms with Crippen molar-refractivity contribution in [2.24, 2.45) is 0 Å². The van der Waals surface area contributed by atoms with Crippen LogP contribution in [0.25, 0.3) is 10.1 Å². The molecule has 0 spiro atoms. The summed E-state index contributed by atoms with van der Waals surface area (Å²) in [7, 11) is -9.99. The fourth-order valence-electron chi connectivity index (χ4n) is 4.09. The van der Waals surface area contributed by atoms with E-state index in [1.807, 2.05) is 0 Å². The van der Waals surface area contributed by atoms with Crippen LogP contribution in [0.4, 0.5) is 4.79 Å². The maximum Gasteiger partial charge on any atom is 0.425 e. The average molecular weight is 677 g/mol. The van der Waals surface area contributed by atoms with Gasteiger partial charge in [-0.1, -0.05) is 13.8 Å². The van der Waals surface area contributed by atoms with Crippen LogP contribution in [-0.2, 0) is 19.3 Å². The lowest BCUT2D eigenvalue weighted by Crippen LogP contribution is -2.55. The third kappa shape index (κ3) is 8.87. The predicted molar refractivity (Wildman–Crippen MR) is 163 cm³/mol. The standard InChI is InChI=1S/C26H40Cl2NO9PS2/c1-6-26(7-2,39(31,32)33)29(24(30)38-25(3,4)5)41(34,35)23-17-19-16-20(36-14-10-8-12-27)21(18-22(19)40-23)37-15-11-9-13-28/h16-18H,6-15H2,1-5H3,(H2,31,32,33). The lowest BCUT2D eigenvalue weighted by atomic mass is 10.1. The van der Waals surface area contributed by atoms with E-state index in [-0.39, 0.29) is 21.4 Å². The van der Waals surface area contributed by atoms with Crippen molar-refractivity contribution in [2.45, 2.75) is 88.2 Å². The van der Waals surface area contributed by atoms with Gasteiger partial charge in [-0.05, 0) is 76.8 Å².